The van der Waals surface area contributed by atoms with Crippen LogP contribution in [0, 0.1) is 55.4 Å². The summed E-state index contributed by atoms with van der Waals surface area (Å²) in [6.07, 6.45) is 3.87. The molecule has 0 heterocycles. The minimum atomic E-state index is -0.0571. The third-order valence-electron chi connectivity index (χ3n) is 11.4. The highest BCUT2D eigenvalue weighted by Gasteiger charge is 2.38. The third-order valence-corrected chi connectivity index (χ3v) is 11.4. The predicted octanol–water partition coefficient (Wildman–Crippen LogP) is 10.5. The van der Waals surface area contributed by atoms with E-state index in [0.29, 0.717) is 0 Å². The number of nitrogens with zero attached hydrogens (tertiary/aromatic N) is 2. The van der Waals surface area contributed by atoms with Gasteiger partial charge in [-0.2, -0.15) is 10.2 Å². The van der Waals surface area contributed by atoms with Crippen molar-refractivity contribution in [2.75, 3.05) is 0 Å². The first-order valence-corrected chi connectivity index (χ1v) is 16.3. The van der Waals surface area contributed by atoms with Gasteiger partial charge in [-0.15, -0.1) is 0 Å². The molecule has 0 spiro atoms. The van der Waals surface area contributed by atoms with Gasteiger partial charge in [-0.05, 0) is 160 Å². The van der Waals surface area contributed by atoms with Gasteiger partial charge in [0.1, 0.15) is 0 Å². The van der Waals surface area contributed by atoms with Crippen molar-refractivity contribution < 1.29 is 0 Å². The van der Waals surface area contributed by atoms with Crippen LogP contribution in [-0.2, 0) is 10.8 Å². The Bertz CT molecular complexity index is 1730. The van der Waals surface area contributed by atoms with Crippen LogP contribution >= 0.6 is 0 Å². The Kier molecular flexibility index (Phi) is 7.55. The lowest BCUT2D eigenvalue weighted by Gasteiger charge is -2.38. The van der Waals surface area contributed by atoms with Crippen molar-refractivity contribution >= 4 is 11.4 Å². The molecule has 2 aliphatic rings. The monoisotopic (exact) mass is 580 g/mol. The molecule has 2 heteroatoms. The Balaban J connectivity index is 1.46. The molecule has 4 aromatic rings. The van der Waals surface area contributed by atoms with Gasteiger partial charge < -0.3 is 0 Å². The maximum atomic E-state index is 5.11. The highest BCUT2D eigenvalue weighted by Crippen LogP contribution is 2.46. The van der Waals surface area contributed by atoms with Crippen LogP contribution in [0.5, 0.6) is 0 Å². The lowest BCUT2D eigenvalue weighted by molar-refractivity contribution is 0.517. The van der Waals surface area contributed by atoms with Crippen LogP contribution in [0.4, 0.5) is 0 Å². The van der Waals surface area contributed by atoms with Gasteiger partial charge in [0.05, 0.1) is 11.4 Å². The van der Waals surface area contributed by atoms with E-state index in [1.165, 1.54) is 77.9 Å². The first-order chi connectivity index (χ1) is 20.8. The van der Waals surface area contributed by atoms with Gasteiger partial charge in [0.25, 0.3) is 0 Å². The molecule has 0 saturated heterocycles. The smallest absolute Gasteiger partial charge is 0.0706 e. The van der Waals surface area contributed by atoms with E-state index in [0.717, 1.165) is 37.1 Å². The summed E-state index contributed by atoms with van der Waals surface area (Å²) in [6.45, 7) is 22.6. The molecule has 0 amide bonds. The van der Waals surface area contributed by atoms with Crippen molar-refractivity contribution in [3.8, 4) is 0 Å². The molecule has 0 N–H and O–H groups in total. The van der Waals surface area contributed by atoms with E-state index >= 15 is 0 Å². The van der Waals surface area contributed by atoms with Crippen LogP contribution in [0.2, 0.25) is 0 Å². The van der Waals surface area contributed by atoms with Crippen LogP contribution in [0.3, 0.4) is 0 Å². The normalized spacial score (nSPS) is 23.1. The molecule has 0 bridgehead atoms. The number of hydrogen-bond acceptors (Lipinski definition) is 2. The quantitative estimate of drug-likeness (QED) is 0.215. The minimum absolute atomic E-state index is 0.0571. The SMILES string of the molecule is Cc1ccc([C@]2(C)CC/C(=N/N=C3/CC[C@@](C)(c4ccc(C)c(C)c4)c4cc(C)c(C)cc43)c3cc(C)c(C)cc32)cc1C. The Morgan fingerprint density at radius 3 is 1.14 bits per heavy atom. The highest BCUT2D eigenvalue weighted by atomic mass is 15.2. The maximum absolute atomic E-state index is 5.11. The van der Waals surface area contributed by atoms with E-state index in [9.17, 15) is 0 Å². The Morgan fingerprint density at radius 1 is 0.432 bits per heavy atom. The molecule has 2 atom stereocenters. The van der Waals surface area contributed by atoms with Crippen LogP contribution in [-0.4, -0.2) is 11.4 Å². The summed E-state index contributed by atoms with van der Waals surface area (Å²) in [4.78, 5) is 0. The van der Waals surface area contributed by atoms with Gasteiger partial charge in [0.15, 0.2) is 0 Å². The molecule has 4 aromatic carbocycles. The van der Waals surface area contributed by atoms with E-state index < -0.39 is 0 Å². The van der Waals surface area contributed by atoms with Crippen molar-refractivity contribution in [3.05, 3.63) is 139 Å². The van der Waals surface area contributed by atoms with Crippen molar-refractivity contribution in [3.63, 3.8) is 0 Å². The van der Waals surface area contributed by atoms with E-state index in [1.54, 1.807) is 0 Å². The lowest BCUT2D eigenvalue weighted by Crippen LogP contribution is -2.33. The van der Waals surface area contributed by atoms with Crippen LogP contribution in [0.1, 0.15) is 117 Å². The summed E-state index contributed by atoms with van der Waals surface area (Å²) in [5.74, 6) is 0. The van der Waals surface area contributed by atoms with Gasteiger partial charge in [0, 0.05) is 22.0 Å². The fourth-order valence-electron chi connectivity index (χ4n) is 7.40. The standard InChI is InChI=1S/C42H48N2/c1-25-11-13-33(19-27(25)3)41(9)17-15-39(35-21-29(5)31(7)23-37(35)41)43-44-40-16-18-42(10,34-14-12-26(2)28(4)20-34)38-24-32(8)30(6)22-36(38)40/h11-14,19-24H,15-18H2,1-10H3/b43-39-,44-40-/t41-,42-/m0/s1. The second kappa shape index (κ2) is 11.0. The molecule has 6 rings (SSSR count). The third kappa shape index (κ3) is 4.97. The zero-order chi connectivity index (χ0) is 31.6. The van der Waals surface area contributed by atoms with Gasteiger partial charge in [-0.1, -0.05) is 62.4 Å². The lowest BCUT2D eigenvalue weighted by atomic mass is 9.65. The number of fused-ring (bicyclic) bond motifs is 2. The average molecular weight is 581 g/mol. The van der Waals surface area contributed by atoms with E-state index in [1.807, 2.05) is 0 Å². The zero-order valence-corrected chi connectivity index (χ0v) is 28.5. The molecule has 2 nitrogen and oxygen atoms in total. The molecule has 0 fully saturated rings. The summed E-state index contributed by atoms with van der Waals surface area (Å²) >= 11 is 0. The molecular weight excluding hydrogens is 532 g/mol. The molecule has 44 heavy (non-hydrogen) atoms. The Hall–Kier alpha value is -3.78. The van der Waals surface area contributed by atoms with Gasteiger partial charge in [-0.25, -0.2) is 0 Å². The summed E-state index contributed by atoms with van der Waals surface area (Å²) in [7, 11) is 0. The van der Waals surface area contributed by atoms with Crippen LogP contribution < -0.4 is 0 Å². The molecule has 2 aliphatic carbocycles. The first-order valence-electron chi connectivity index (χ1n) is 16.3. The van der Waals surface area contributed by atoms with Gasteiger partial charge in [0.2, 0.25) is 0 Å². The molecule has 0 aliphatic heterocycles. The molecule has 0 saturated carbocycles. The van der Waals surface area contributed by atoms with E-state index in [4.69, 9.17) is 10.2 Å². The van der Waals surface area contributed by atoms with Crippen LogP contribution in [0.25, 0.3) is 0 Å². The minimum Gasteiger partial charge on any atom is -0.155 e. The number of benzene rings is 4. The molecule has 0 radical (unpaired) electrons. The summed E-state index contributed by atoms with van der Waals surface area (Å²) in [5.41, 5.74) is 20.9. The van der Waals surface area contributed by atoms with Crippen molar-refractivity contribution in [1.82, 2.24) is 0 Å². The fourth-order valence-corrected chi connectivity index (χ4v) is 7.40. The topological polar surface area (TPSA) is 24.7 Å². The molecular formula is C42H48N2. The summed E-state index contributed by atoms with van der Waals surface area (Å²) in [6, 6.07) is 23.6. The summed E-state index contributed by atoms with van der Waals surface area (Å²) in [5, 5.41) is 10.2. The second-order valence-corrected chi connectivity index (χ2v) is 14.3. The van der Waals surface area contributed by atoms with Gasteiger partial charge in [-0.3, -0.25) is 0 Å². The van der Waals surface area contributed by atoms with E-state index in [-0.39, 0.29) is 10.8 Å². The predicted molar refractivity (Wildman–Crippen MR) is 188 cm³/mol. The number of aryl methyl sites for hydroxylation is 8. The fraction of sp³-hybridized carbons (Fsp3) is 0.381. The van der Waals surface area contributed by atoms with E-state index in [2.05, 4.69) is 130 Å². The first kappa shape index (κ1) is 30.3. The second-order valence-electron chi connectivity index (χ2n) is 14.3. The number of rotatable bonds is 3. The molecule has 226 valence electrons. The average Bonchev–Trinajstić information content (AvgIpc) is 2.98. The summed E-state index contributed by atoms with van der Waals surface area (Å²) < 4.78 is 0. The van der Waals surface area contributed by atoms with Crippen molar-refractivity contribution in [2.45, 2.75) is 106 Å². The number of hydrogen-bond donors (Lipinski definition) is 0. The Labute approximate surface area is 265 Å². The van der Waals surface area contributed by atoms with Crippen LogP contribution in [0.15, 0.2) is 70.9 Å². The largest absolute Gasteiger partial charge is 0.155 e. The highest BCUT2D eigenvalue weighted by molar-refractivity contribution is 6.07. The zero-order valence-electron chi connectivity index (χ0n) is 28.5. The molecule has 0 unspecified atom stereocenters. The van der Waals surface area contributed by atoms with Crippen molar-refractivity contribution in [2.24, 2.45) is 10.2 Å². The van der Waals surface area contributed by atoms with Gasteiger partial charge >= 0.3 is 0 Å². The van der Waals surface area contributed by atoms with Crippen molar-refractivity contribution in [1.29, 1.82) is 0 Å². The molecule has 0 aromatic heterocycles. The maximum Gasteiger partial charge on any atom is 0.0706 e. The Morgan fingerprint density at radius 2 is 0.773 bits per heavy atom.